The molecule has 0 fully saturated rings. The van der Waals surface area contributed by atoms with Gasteiger partial charge < -0.3 is 10.0 Å². The molecular formula is C16H17NO3. The molecule has 2 rings (SSSR count). The number of benzene rings is 1. The highest BCUT2D eigenvalue weighted by Crippen LogP contribution is 2.35. The Morgan fingerprint density at radius 3 is 2.75 bits per heavy atom. The Bertz CT molecular complexity index is 575. The predicted octanol–water partition coefficient (Wildman–Crippen LogP) is 2.72. The number of amides is 1. The second kappa shape index (κ2) is 6.19. The average Bonchev–Trinajstić information content (AvgIpc) is 2.46. The fourth-order valence-electron chi connectivity index (χ4n) is 2.39. The SMILES string of the molecule is CC=CC=CC(=O)N1CCC(C(=O)O)c2ccccc21. The second-order valence-electron chi connectivity index (χ2n) is 4.61. The van der Waals surface area contributed by atoms with Crippen molar-refractivity contribution in [3.05, 3.63) is 54.1 Å². The van der Waals surface area contributed by atoms with Crippen molar-refractivity contribution < 1.29 is 14.7 Å². The molecule has 1 heterocycles. The van der Waals surface area contributed by atoms with Crippen molar-refractivity contribution in [3.8, 4) is 0 Å². The number of hydrogen-bond acceptors (Lipinski definition) is 2. The van der Waals surface area contributed by atoms with Gasteiger partial charge in [0.15, 0.2) is 0 Å². The van der Waals surface area contributed by atoms with Gasteiger partial charge >= 0.3 is 5.97 Å². The first kappa shape index (κ1) is 14.1. The van der Waals surface area contributed by atoms with Crippen molar-refractivity contribution in [1.82, 2.24) is 0 Å². The number of hydrogen-bond donors (Lipinski definition) is 1. The first-order valence-corrected chi connectivity index (χ1v) is 6.57. The third-order valence-electron chi connectivity index (χ3n) is 3.35. The van der Waals surface area contributed by atoms with Crippen LogP contribution >= 0.6 is 0 Å². The van der Waals surface area contributed by atoms with E-state index in [1.54, 1.807) is 35.3 Å². The van der Waals surface area contributed by atoms with Crippen molar-refractivity contribution >= 4 is 17.6 Å². The number of fused-ring (bicyclic) bond motifs is 1. The molecule has 1 N–H and O–H groups in total. The van der Waals surface area contributed by atoms with Crippen LogP contribution in [0.1, 0.15) is 24.8 Å². The number of carbonyl (C=O) groups is 2. The number of nitrogens with zero attached hydrogens (tertiary/aromatic N) is 1. The molecule has 4 heteroatoms. The minimum absolute atomic E-state index is 0.126. The number of carbonyl (C=O) groups excluding carboxylic acids is 1. The quantitative estimate of drug-likeness (QED) is 0.679. The van der Waals surface area contributed by atoms with Crippen molar-refractivity contribution in [3.63, 3.8) is 0 Å². The standard InChI is InChI=1S/C16H17NO3/c1-2-3-4-9-15(18)17-11-10-13(16(19)20)12-7-5-6-8-14(12)17/h2-9,13H,10-11H2,1H3,(H,19,20). The molecular weight excluding hydrogens is 254 g/mol. The molecule has 1 aromatic rings. The van der Waals surface area contributed by atoms with E-state index >= 15 is 0 Å². The highest BCUT2D eigenvalue weighted by atomic mass is 16.4. The van der Waals surface area contributed by atoms with Crippen LogP contribution in [-0.4, -0.2) is 23.5 Å². The van der Waals surface area contributed by atoms with E-state index in [1.807, 2.05) is 19.1 Å². The monoisotopic (exact) mass is 271 g/mol. The highest BCUT2D eigenvalue weighted by molar-refractivity contribution is 6.03. The Morgan fingerprint density at radius 1 is 1.30 bits per heavy atom. The third-order valence-corrected chi connectivity index (χ3v) is 3.35. The molecule has 104 valence electrons. The molecule has 0 aliphatic carbocycles. The Kier molecular flexibility index (Phi) is 4.35. The van der Waals surface area contributed by atoms with Gasteiger partial charge in [-0.25, -0.2) is 0 Å². The zero-order chi connectivity index (χ0) is 14.5. The van der Waals surface area contributed by atoms with Crippen LogP contribution in [0.5, 0.6) is 0 Å². The van der Waals surface area contributed by atoms with E-state index in [0.29, 0.717) is 24.2 Å². The molecule has 0 saturated heterocycles. The maximum Gasteiger partial charge on any atom is 0.311 e. The predicted molar refractivity (Wildman–Crippen MR) is 77.7 cm³/mol. The molecule has 1 unspecified atom stereocenters. The number of para-hydroxylation sites is 1. The molecule has 0 bridgehead atoms. The first-order chi connectivity index (χ1) is 9.65. The van der Waals surface area contributed by atoms with Crippen LogP contribution in [0.4, 0.5) is 5.69 Å². The number of anilines is 1. The Hall–Kier alpha value is -2.36. The molecule has 0 saturated carbocycles. The lowest BCUT2D eigenvalue weighted by atomic mass is 9.90. The van der Waals surface area contributed by atoms with E-state index < -0.39 is 11.9 Å². The van der Waals surface area contributed by atoms with Crippen LogP contribution < -0.4 is 4.90 Å². The van der Waals surface area contributed by atoms with Crippen molar-refractivity contribution in [1.29, 1.82) is 0 Å². The van der Waals surface area contributed by atoms with Crippen LogP contribution in [0.3, 0.4) is 0 Å². The van der Waals surface area contributed by atoms with E-state index in [2.05, 4.69) is 0 Å². The minimum Gasteiger partial charge on any atom is -0.481 e. The zero-order valence-corrected chi connectivity index (χ0v) is 11.3. The van der Waals surface area contributed by atoms with Crippen molar-refractivity contribution in [2.75, 3.05) is 11.4 Å². The largest absolute Gasteiger partial charge is 0.481 e. The van der Waals surface area contributed by atoms with E-state index in [0.717, 1.165) is 0 Å². The van der Waals surface area contributed by atoms with Crippen LogP contribution in [0.2, 0.25) is 0 Å². The Balaban J connectivity index is 2.32. The molecule has 4 nitrogen and oxygen atoms in total. The zero-order valence-electron chi connectivity index (χ0n) is 11.3. The summed E-state index contributed by atoms with van der Waals surface area (Å²) >= 11 is 0. The van der Waals surface area contributed by atoms with Gasteiger partial charge in [-0.15, -0.1) is 0 Å². The first-order valence-electron chi connectivity index (χ1n) is 6.57. The summed E-state index contributed by atoms with van der Waals surface area (Å²) in [7, 11) is 0. The molecule has 0 radical (unpaired) electrons. The maximum absolute atomic E-state index is 12.2. The smallest absolute Gasteiger partial charge is 0.311 e. The van der Waals surface area contributed by atoms with Gasteiger partial charge in [0.05, 0.1) is 5.92 Å². The number of carboxylic acids is 1. The Labute approximate surface area is 118 Å². The molecule has 1 aliphatic rings. The van der Waals surface area contributed by atoms with Gasteiger partial charge in [0, 0.05) is 18.3 Å². The van der Waals surface area contributed by atoms with Gasteiger partial charge in [0.1, 0.15) is 0 Å². The summed E-state index contributed by atoms with van der Waals surface area (Å²) < 4.78 is 0. The van der Waals surface area contributed by atoms with Gasteiger partial charge in [-0.2, -0.15) is 0 Å². The van der Waals surface area contributed by atoms with E-state index in [-0.39, 0.29) is 5.91 Å². The molecule has 0 spiro atoms. The van der Waals surface area contributed by atoms with Gasteiger partial charge in [0.25, 0.3) is 5.91 Å². The number of rotatable bonds is 3. The minimum atomic E-state index is -0.839. The highest BCUT2D eigenvalue weighted by Gasteiger charge is 2.31. The summed E-state index contributed by atoms with van der Waals surface area (Å²) in [6, 6.07) is 7.20. The summed E-state index contributed by atoms with van der Waals surface area (Å²) in [6.07, 6.45) is 7.25. The molecule has 1 atom stereocenters. The van der Waals surface area contributed by atoms with E-state index in [9.17, 15) is 14.7 Å². The number of carboxylic acid groups (broad SMARTS) is 1. The van der Waals surface area contributed by atoms with Crippen LogP contribution in [0, 0.1) is 0 Å². The average molecular weight is 271 g/mol. The lowest BCUT2D eigenvalue weighted by Gasteiger charge is -2.32. The summed E-state index contributed by atoms with van der Waals surface area (Å²) in [5.74, 6) is -1.50. The summed E-state index contributed by atoms with van der Waals surface area (Å²) in [5, 5.41) is 9.26. The van der Waals surface area contributed by atoms with Gasteiger partial charge in [-0.3, -0.25) is 9.59 Å². The summed E-state index contributed by atoms with van der Waals surface area (Å²) in [6.45, 7) is 2.30. The second-order valence-corrected chi connectivity index (χ2v) is 4.61. The lowest BCUT2D eigenvalue weighted by Crippen LogP contribution is -2.37. The fourth-order valence-corrected chi connectivity index (χ4v) is 2.39. The third kappa shape index (κ3) is 2.79. The molecule has 1 aliphatic heterocycles. The van der Waals surface area contributed by atoms with E-state index in [4.69, 9.17) is 0 Å². The number of aliphatic carboxylic acids is 1. The maximum atomic E-state index is 12.2. The van der Waals surface area contributed by atoms with Gasteiger partial charge in [-0.05, 0) is 25.0 Å². The van der Waals surface area contributed by atoms with Crippen LogP contribution in [0.25, 0.3) is 0 Å². The normalized spacial score (nSPS) is 18.4. The Morgan fingerprint density at radius 2 is 2.05 bits per heavy atom. The van der Waals surface area contributed by atoms with Gasteiger partial charge in [0.2, 0.25) is 0 Å². The van der Waals surface area contributed by atoms with Crippen LogP contribution in [-0.2, 0) is 9.59 Å². The number of allylic oxidation sites excluding steroid dienone is 3. The molecule has 0 aromatic heterocycles. The fraction of sp³-hybridized carbons (Fsp3) is 0.250. The molecule has 1 amide bonds. The van der Waals surface area contributed by atoms with E-state index in [1.165, 1.54) is 6.08 Å². The van der Waals surface area contributed by atoms with Gasteiger partial charge in [-0.1, -0.05) is 36.4 Å². The molecule has 1 aromatic carbocycles. The lowest BCUT2D eigenvalue weighted by molar-refractivity contribution is -0.139. The summed E-state index contributed by atoms with van der Waals surface area (Å²) in [5.41, 5.74) is 1.40. The topological polar surface area (TPSA) is 57.6 Å². The van der Waals surface area contributed by atoms with Crippen LogP contribution in [0.15, 0.2) is 48.6 Å². The summed E-state index contributed by atoms with van der Waals surface area (Å²) in [4.78, 5) is 25.1. The van der Waals surface area contributed by atoms with Crippen molar-refractivity contribution in [2.24, 2.45) is 0 Å². The molecule has 20 heavy (non-hydrogen) atoms. The van der Waals surface area contributed by atoms with Crippen molar-refractivity contribution in [2.45, 2.75) is 19.3 Å².